The van der Waals surface area contributed by atoms with Gasteiger partial charge in [0.25, 0.3) is 0 Å². The van der Waals surface area contributed by atoms with E-state index in [-0.39, 0.29) is 5.54 Å². The second kappa shape index (κ2) is 4.25. The molecule has 18 heavy (non-hydrogen) atoms. The largest absolute Gasteiger partial charge is 0.310 e. The first kappa shape index (κ1) is 11.5. The fourth-order valence-electron chi connectivity index (χ4n) is 2.55. The van der Waals surface area contributed by atoms with Gasteiger partial charge in [0.05, 0.1) is 0 Å². The Morgan fingerprint density at radius 3 is 2.28 bits per heavy atom. The molecule has 1 heteroatoms. The van der Waals surface area contributed by atoms with Crippen molar-refractivity contribution < 1.29 is 0 Å². The Kier molecular flexibility index (Phi) is 2.71. The quantitative estimate of drug-likeness (QED) is 0.854. The molecule has 0 amide bonds. The molecule has 0 bridgehead atoms. The molecule has 2 aromatic carbocycles. The van der Waals surface area contributed by atoms with E-state index < -0.39 is 0 Å². The second-order valence-electron chi connectivity index (χ2n) is 5.28. The van der Waals surface area contributed by atoms with Crippen LogP contribution in [0.3, 0.4) is 0 Å². The zero-order valence-electron chi connectivity index (χ0n) is 11.0. The number of aryl methyl sites for hydroxylation is 1. The van der Waals surface area contributed by atoms with E-state index in [4.69, 9.17) is 0 Å². The van der Waals surface area contributed by atoms with E-state index in [1.807, 2.05) is 0 Å². The van der Waals surface area contributed by atoms with Gasteiger partial charge in [0, 0.05) is 5.54 Å². The van der Waals surface area contributed by atoms with E-state index in [1.54, 1.807) is 0 Å². The minimum atomic E-state index is 0.251. The van der Waals surface area contributed by atoms with Crippen molar-refractivity contribution >= 4 is 0 Å². The summed E-state index contributed by atoms with van der Waals surface area (Å²) in [7, 11) is 2.06. The van der Waals surface area contributed by atoms with Crippen molar-refractivity contribution in [1.82, 2.24) is 5.32 Å². The molecular weight excluding hydrogens is 218 g/mol. The van der Waals surface area contributed by atoms with Crippen molar-refractivity contribution in [2.45, 2.75) is 25.3 Å². The van der Waals surface area contributed by atoms with Crippen molar-refractivity contribution in [3.8, 4) is 11.1 Å². The number of rotatable bonds is 3. The van der Waals surface area contributed by atoms with E-state index in [9.17, 15) is 0 Å². The molecule has 92 valence electrons. The van der Waals surface area contributed by atoms with Crippen LogP contribution in [0.25, 0.3) is 11.1 Å². The topological polar surface area (TPSA) is 12.0 Å². The summed E-state index contributed by atoms with van der Waals surface area (Å²) in [6.45, 7) is 2.13. The number of hydrogen-bond acceptors (Lipinski definition) is 1. The molecule has 3 rings (SSSR count). The van der Waals surface area contributed by atoms with Gasteiger partial charge in [-0.1, -0.05) is 48.0 Å². The molecule has 1 nitrogen and oxygen atoms in total. The third kappa shape index (κ3) is 1.95. The van der Waals surface area contributed by atoms with Crippen LogP contribution < -0.4 is 5.32 Å². The van der Waals surface area contributed by atoms with Gasteiger partial charge in [0.1, 0.15) is 0 Å². The monoisotopic (exact) mass is 237 g/mol. The minimum absolute atomic E-state index is 0.251. The van der Waals surface area contributed by atoms with E-state index in [1.165, 1.54) is 35.1 Å². The van der Waals surface area contributed by atoms with E-state index >= 15 is 0 Å². The molecule has 0 atom stereocenters. The van der Waals surface area contributed by atoms with Crippen LogP contribution in [0.15, 0.2) is 48.5 Å². The summed E-state index contributed by atoms with van der Waals surface area (Å²) in [6.07, 6.45) is 2.50. The first-order valence-corrected chi connectivity index (χ1v) is 6.60. The molecule has 0 aromatic heterocycles. The average molecular weight is 237 g/mol. The third-order valence-corrected chi connectivity index (χ3v) is 4.03. The van der Waals surface area contributed by atoms with E-state index in [0.717, 1.165) is 0 Å². The molecule has 1 N–H and O–H groups in total. The van der Waals surface area contributed by atoms with Crippen molar-refractivity contribution in [2.24, 2.45) is 0 Å². The fraction of sp³-hybridized carbons (Fsp3) is 0.294. The summed E-state index contributed by atoms with van der Waals surface area (Å²) in [4.78, 5) is 0. The maximum absolute atomic E-state index is 3.46. The Morgan fingerprint density at radius 2 is 1.67 bits per heavy atom. The SMILES string of the molecule is CNC1(c2cccc(-c3ccc(C)cc3)c2)CC1. The lowest BCUT2D eigenvalue weighted by molar-refractivity contribution is 0.586. The van der Waals surface area contributed by atoms with Gasteiger partial charge in [-0.3, -0.25) is 0 Å². The molecule has 0 unspecified atom stereocenters. The molecule has 1 aliphatic carbocycles. The zero-order valence-corrected chi connectivity index (χ0v) is 11.0. The number of benzene rings is 2. The predicted molar refractivity (Wildman–Crippen MR) is 76.6 cm³/mol. The maximum Gasteiger partial charge on any atom is 0.0434 e. The highest BCUT2D eigenvalue weighted by atomic mass is 15.0. The normalized spacial score (nSPS) is 16.6. The summed E-state index contributed by atoms with van der Waals surface area (Å²) in [5, 5.41) is 3.46. The predicted octanol–water partition coefficient (Wildman–Crippen LogP) is 3.87. The lowest BCUT2D eigenvalue weighted by Gasteiger charge is -2.15. The fourth-order valence-corrected chi connectivity index (χ4v) is 2.55. The molecule has 1 fully saturated rings. The smallest absolute Gasteiger partial charge is 0.0434 e. The van der Waals surface area contributed by atoms with Crippen LogP contribution in [0.4, 0.5) is 0 Å². The molecule has 1 aliphatic rings. The van der Waals surface area contributed by atoms with Crippen molar-refractivity contribution in [3.63, 3.8) is 0 Å². The van der Waals surface area contributed by atoms with E-state index in [2.05, 4.69) is 67.8 Å². The Bertz CT molecular complexity index is 550. The standard InChI is InChI=1S/C17H19N/c1-13-6-8-14(9-7-13)15-4-3-5-16(12-15)17(18-2)10-11-17/h3-9,12,18H,10-11H2,1-2H3. The lowest BCUT2D eigenvalue weighted by Crippen LogP contribution is -2.24. The van der Waals surface area contributed by atoms with Gasteiger partial charge in [-0.2, -0.15) is 0 Å². The number of hydrogen-bond donors (Lipinski definition) is 1. The summed E-state index contributed by atoms with van der Waals surface area (Å²) in [5.74, 6) is 0. The highest BCUT2D eigenvalue weighted by Gasteiger charge is 2.42. The Morgan fingerprint density at radius 1 is 0.944 bits per heavy atom. The zero-order chi connectivity index (χ0) is 12.6. The van der Waals surface area contributed by atoms with Crippen LogP contribution in [0.1, 0.15) is 24.0 Å². The van der Waals surface area contributed by atoms with Gasteiger partial charge in [-0.25, -0.2) is 0 Å². The van der Waals surface area contributed by atoms with Crippen LogP contribution in [-0.2, 0) is 5.54 Å². The second-order valence-corrected chi connectivity index (χ2v) is 5.28. The van der Waals surface area contributed by atoms with Crippen LogP contribution in [-0.4, -0.2) is 7.05 Å². The highest BCUT2D eigenvalue weighted by molar-refractivity contribution is 5.65. The van der Waals surface area contributed by atoms with Gasteiger partial charge in [0.15, 0.2) is 0 Å². The molecule has 2 aromatic rings. The van der Waals surface area contributed by atoms with Crippen LogP contribution in [0.5, 0.6) is 0 Å². The Labute approximate surface area is 109 Å². The summed E-state index contributed by atoms with van der Waals surface area (Å²) >= 11 is 0. The maximum atomic E-state index is 3.46. The van der Waals surface area contributed by atoms with Gasteiger partial charge in [-0.15, -0.1) is 0 Å². The highest BCUT2D eigenvalue weighted by Crippen LogP contribution is 2.45. The molecular formula is C17H19N. The van der Waals surface area contributed by atoms with Gasteiger partial charge < -0.3 is 5.32 Å². The third-order valence-electron chi connectivity index (χ3n) is 4.03. The van der Waals surface area contributed by atoms with Gasteiger partial charge in [-0.05, 0) is 49.6 Å². The van der Waals surface area contributed by atoms with Crippen molar-refractivity contribution in [2.75, 3.05) is 7.05 Å². The Hall–Kier alpha value is -1.60. The molecule has 0 heterocycles. The van der Waals surface area contributed by atoms with Crippen molar-refractivity contribution in [1.29, 1.82) is 0 Å². The average Bonchev–Trinajstić information content (AvgIpc) is 3.21. The van der Waals surface area contributed by atoms with Gasteiger partial charge in [0.2, 0.25) is 0 Å². The van der Waals surface area contributed by atoms with Crippen LogP contribution >= 0.6 is 0 Å². The lowest BCUT2D eigenvalue weighted by atomic mass is 9.98. The summed E-state index contributed by atoms with van der Waals surface area (Å²) in [5.41, 5.74) is 5.59. The molecule has 1 saturated carbocycles. The first-order valence-electron chi connectivity index (χ1n) is 6.60. The van der Waals surface area contributed by atoms with Crippen molar-refractivity contribution in [3.05, 3.63) is 59.7 Å². The summed E-state index contributed by atoms with van der Waals surface area (Å²) in [6, 6.07) is 17.7. The Balaban J connectivity index is 1.98. The number of nitrogens with one attached hydrogen (secondary N) is 1. The van der Waals surface area contributed by atoms with Crippen LogP contribution in [0.2, 0.25) is 0 Å². The molecule has 0 saturated heterocycles. The van der Waals surface area contributed by atoms with Crippen LogP contribution in [0, 0.1) is 6.92 Å². The first-order chi connectivity index (χ1) is 8.73. The van der Waals surface area contributed by atoms with E-state index in [0.29, 0.717) is 0 Å². The molecule has 0 aliphatic heterocycles. The summed E-state index contributed by atoms with van der Waals surface area (Å²) < 4.78 is 0. The minimum Gasteiger partial charge on any atom is -0.310 e. The molecule has 0 radical (unpaired) electrons. The molecule has 0 spiro atoms. The van der Waals surface area contributed by atoms with Gasteiger partial charge >= 0.3 is 0 Å².